The van der Waals surface area contributed by atoms with Gasteiger partial charge in [0.25, 0.3) is 0 Å². The van der Waals surface area contributed by atoms with Crippen molar-refractivity contribution in [3.8, 4) is 5.75 Å². The third kappa shape index (κ3) is 5.99. The van der Waals surface area contributed by atoms with Crippen molar-refractivity contribution in [2.75, 3.05) is 38.6 Å². The molecule has 2 N–H and O–H groups in total. The van der Waals surface area contributed by atoms with Gasteiger partial charge in [-0.1, -0.05) is 19.8 Å². The van der Waals surface area contributed by atoms with Crippen LogP contribution in [0.4, 0.5) is 5.69 Å². The average Bonchev–Trinajstić information content (AvgIpc) is 2.56. The molecule has 0 unspecified atom stereocenters. The number of nitrogens with two attached hydrogens (primary N) is 1. The Morgan fingerprint density at radius 1 is 1.22 bits per heavy atom. The lowest BCUT2D eigenvalue weighted by molar-refractivity contribution is 0.180. The molecule has 0 atom stereocenters. The van der Waals surface area contributed by atoms with Gasteiger partial charge in [0.1, 0.15) is 12.4 Å². The highest BCUT2D eigenvalue weighted by Gasteiger charge is 2.13. The standard InChI is InChI=1S/C18H28N2O2S/c1-2-3-12-21-17-14-15(19)7-8-16(17)18(23)22-13-11-20-9-5-4-6-10-20/h7-8,14H,2-6,9-13,19H2,1H3. The van der Waals surface area contributed by atoms with Gasteiger partial charge in [-0.15, -0.1) is 0 Å². The summed E-state index contributed by atoms with van der Waals surface area (Å²) in [4.78, 5) is 2.44. The van der Waals surface area contributed by atoms with Gasteiger partial charge in [-0.2, -0.15) is 0 Å². The van der Waals surface area contributed by atoms with Crippen molar-refractivity contribution >= 4 is 23.0 Å². The first-order valence-corrected chi connectivity index (χ1v) is 9.03. The monoisotopic (exact) mass is 336 g/mol. The second-order valence-electron chi connectivity index (χ2n) is 6.00. The quantitative estimate of drug-likeness (QED) is 0.446. The summed E-state index contributed by atoms with van der Waals surface area (Å²) in [5, 5.41) is 0.494. The molecule has 1 saturated heterocycles. The Balaban J connectivity index is 1.87. The Bertz CT molecular complexity index is 502. The molecule has 5 heteroatoms. The van der Waals surface area contributed by atoms with E-state index in [2.05, 4.69) is 11.8 Å². The average molecular weight is 337 g/mol. The number of likely N-dealkylation sites (tertiary alicyclic amines) is 1. The van der Waals surface area contributed by atoms with Gasteiger partial charge in [-0.25, -0.2) is 0 Å². The number of ether oxygens (including phenoxy) is 2. The number of benzene rings is 1. The summed E-state index contributed by atoms with van der Waals surface area (Å²) < 4.78 is 11.6. The van der Waals surface area contributed by atoms with Crippen molar-refractivity contribution in [1.82, 2.24) is 4.90 Å². The van der Waals surface area contributed by atoms with Crippen molar-refractivity contribution in [2.24, 2.45) is 0 Å². The van der Waals surface area contributed by atoms with Crippen LogP contribution in [0.15, 0.2) is 18.2 Å². The van der Waals surface area contributed by atoms with Crippen LogP contribution in [0.3, 0.4) is 0 Å². The van der Waals surface area contributed by atoms with Gasteiger partial charge in [0.2, 0.25) is 0 Å². The van der Waals surface area contributed by atoms with Gasteiger partial charge < -0.3 is 15.2 Å². The molecule has 0 saturated carbocycles. The van der Waals surface area contributed by atoms with E-state index in [0.717, 1.165) is 30.7 Å². The van der Waals surface area contributed by atoms with E-state index < -0.39 is 0 Å². The minimum Gasteiger partial charge on any atom is -0.493 e. The van der Waals surface area contributed by atoms with Crippen molar-refractivity contribution < 1.29 is 9.47 Å². The number of hydrogen-bond acceptors (Lipinski definition) is 5. The lowest BCUT2D eigenvalue weighted by atomic mass is 10.1. The highest BCUT2D eigenvalue weighted by atomic mass is 32.1. The first-order chi connectivity index (χ1) is 11.2. The number of nitrogen functional groups attached to an aromatic ring is 1. The maximum absolute atomic E-state index is 5.86. The fourth-order valence-electron chi connectivity index (χ4n) is 2.68. The van der Waals surface area contributed by atoms with Crippen molar-refractivity contribution in [1.29, 1.82) is 0 Å². The molecule has 1 aromatic carbocycles. The molecule has 0 aromatic heterocycles. The molecule has 1 heterocycles. The molecule has 0 amide bonds. The normalized spacial score (nSPS) is 15.3. The maximum Gasteiger partial charge on any atom is 0.194 e. The Kier molecular flexibility index (Phi) is 7.62. The van der Waals surface area contributed by atoms with E-state index in [1.54, 1.807) is 0 Å². The maximum atomic E-state index is 5.86. The Labute approximate surface area is 144 Å². The molecule has 23 heavy (non-hydrogen) atoms. The number of nitrogens with zero attached hydrogens (tertiary/aromatic N) is 1. The number of anilines is 1. The SMILES string of the molecule is CCCCOc1cc(N)ccc1C(=S)OCCN1CCCCC1. The van der Waals surface area contributed by atoms with Gasteiger partial charge in [0, 0.05) is 18.3 Å². The zero-order valence-corrected chi connectivity index (χ0v) is 14.9. The second kappa shape index (κ2) is 9.73. The summed E-state index contributed by atoms with van der Waals surface area (Å²) in [6.07, 6.45) is 6.03. The van der Waals surface area contributed by atoms with E-state index in [1.165, 1.54) is 32.4 Å². The van der Waals surface area contributed by atoms with Crippen LogP contribution in [-0.2, 0) is 4.74 Å². The molecule has 1 aromatic rings. The van der Waals surface area contributed by atoms with Crippen molar-refractivity contribution in [2.45, 2.75) is 39.0 Å². The van der Waals surface area contributed by atoms with E-state index >= 15 is 0 Å². The van der Waals surface area contributed by atoms with Gasteiger partial charge in [0.05, 0.1) is 12.2 Å². The van der Waals surface area contributed by atoms with Crippen LogP contribution in [-0.4, -0.2) is 42.8 Å². The molecule has 128 valence electrons. The molecule has 1 fully saturated rings. The van der Waals surface area contributed by atoms with Crippen molar-refractivity contribution in [3.63, 3.8) is 0 Å². The van der Waals surface area contributed by atoms with Crippen LogP contribution in [0, 0.1) is 0 Å². The van der Waals surface area contributed by atoms with Crippen LogP contribution in [0.1, 0.15) is 44.6 Å². The molecule has 1 aliphatic rings. The summed E-state index contributed by atoms with van der Waals surface area (Å²) in [6.45, 7) is 6.70. The number of thiocarbonyl (C=S) groups is 1. The molecular formula is C18H28N2O2S. The van der Waals surface area contributed by atoms with Crippen LogP contribution in [0.25, 0.3) is 0 Å². The van der Waals surface area contributed by atoms with E-state index in [-0.39, 0.29) is 0 Å². The predicted octanol–water partition coefficient (Wildman–Crippen LogP) is 3.63. The smallest absolute Gasteiger partial charge is 0.194 e. The summed E-state index contributed by atoms with van der Waals surface area (Å²) in [7, 11) is 0. The van der Waals surface area contributed by atoms with Crippen LogP contribution < -0.4 is 10.5 Å². The predicted molar refractivity (Wildman–Crippen MR) is 99.2 cm³/mol. The van der Waals surface area contributed by atoms with Gasteiger partial charge in [-0.3, -0.25) is 4.90 Å². The topological polar surface area (TPSA) is 47.7 Å². The Hall–Kier alpha value is -1.33. The lowest BCUT2D eigenvalue weighted by Crippen LogP contribution is -2.33. The van der Waals surface area contributed by atoms with Crippen LogP contribution in [0.5, 0.6) is 5.75 Å². The largest absolute Gasteiger partial charge is 0.493 e. The minimum absolute atomic E-state index is 0.494. The molecule has 2 rings (SSSR count). The third-order valence-electron chi connectivity index (χ3n) is 4.07. The highest BCUT2D eigenvalue weighted by molar-refractivity contribution is 7.80. The lowest BCUT2D eigenvalue weighted by Gasteiger charge is -2.26. The summed E-state index contributed by atoms with van der Waals surface area (Å²) in [6, 6.07) is 5.55. The third-order valence-corrected chi connectivity index (χ3v) is 4.41. The minimum atomic E-state index is 0.494. The molecule has 0 aliphatic carbocycles. The van der Waals surface area contributed by atoms with Crippen molar-refractivity contribution in [3.05, 3.63) is 23.8 Å². The molecule has 4 nitrogen and oxygen atoms in total. The van der Waals surface area contributed by atoms with E-state index in [9.17, 15) is 0 Å². The van der Waals surface area contributed by atoms with Crippen LogP contribution >= 0.6 is 12.2 Å². The molecule has 0 spiro atoms. The van der Waals surface area contributed by atoms with E-state index in [0.29, 0.717) is 24.0 Å². The number of rotatable bonds is 8. The summed E-state index contributed by atoms with van der Waals surface area (Å²) in [5.41, 5.74) is 7.36. The fourth-order valence-corrected chi connectivity index (χ4v) is 2.93. The molecule has 0 radical (unpaired) electrons. The van der Waals surface area contributed by atoms with E-state index in [1.807, 2.05) is 18.2 Å². The first-order valence-electron chi connectivity index (χ1n) is 8.62. The van der Waals surface area contributed by atoms with E-state index in [4.69, 9.17) is 27.4 Å². The van der Waals surface area contributed by atoms with Gasteiger partial charge >= 0.3 is 0 Å². The van der Waals surface area contributed by atoms with Gasteiger partial charge in [0.15, 0.2) is 5.05 Å². The number of hydrogen-bond donors (Lipinski definition) is 1. The first kappa shape index (κ1) is 18.0. The number of piperidine rings is 1. The zero-order valence-electron chi connectivity index (χ0n) is 14.1. The van der Waals surface area contributed by atoms with Crippen LogP contribution in [0.2, 0.25) is 0 Å². The highest BCUT2D eigenvalue weighted by Crippen LogP contribution is 2.23. The molecular weight excluding hydrogens is 308 g/mol. The summed E-state index contributed by atoms with van der Waals surface area (Å²) >= 11 is 5.44. The molecule has 1 aliphatic heterocycles. The second-order valence-corrected chi connectivity index (χ2v) is 6.37. The molecule has 0 bridgehead atoms. The fraction of sp³-hybridized carbons (Fsp3) is 0.611. The summed E-state index contributed by atoms with van der Waals surface area (Å²) in [5.74, 6) is 0.724. The number of unbranched alkanes of at least 4 members (excludes halogenated alkanes) is 1. The Morgan fingerprint density at radius 3 is 2.74 bits per heavy atom. The zero-order chi connectivity index (χ0) is 16.5. The Morgan fingerprint density at radius 2 is 2.00 bits per heavy atom. The van der Waals surface area contributed by atoms with Gasteiger partial charge in [-0.05, 0) is 56.7 Å².